The van der Waals surface area contributed by atoms with Crippen LogP contribution in [0.2, 0.25) is 0 Å². The lowest BCUT2D eigenvalue weighted by atomic mass is 10.1. The molecule has 0 N–H and O–H groups in total. The molecule has 0 heterocycles. The van der Waals surface area contributed by atoms with Crippen molar-refractivity contribution in [1.82, 2.24) is 0 Å². The molecule has 0 saturated carbocycles. The molecule has 0 aliphatic carbocycles. The lowest BCUT2D eigenvalue weighted by molar-refractivity contribution is -0.870. The summed E-state index contributed by atoms with van der Waals surface area (Å²) in [5, 5.41) is 0. The van der Waals surface area contributed by atoms with E-state index in [2.05, 4.69) is 135 Å². The zero-order valence-electron chi connectivity index (χ0n) is 41.9. The number of quaternary nitrogens is 1. The summed E-state index contributed by atoms with van der Waals surface area (Å²) >= 11 is 0. The average Bonchev–Trinajstić information content (AvgIpc) is 3.27. The van der Waals surface area contributed by atoms with E-state index in [1.54, 1.807) is 0 Å². The highest BCUT2D eigenvalue weighted by Gasteiger charge is 2.20. The summed E-state index contributed by atoms with van der Waals surface area (Å²) in [5.41, 5.74) is 0. The molecule has 0 aromatic carbocycles. The van der Waals surface area contributed by atoms with Crippen LogP contribution in [0.3, 0.4) is 0 Å². The summed E-state index contributed by atoms with van der Waals surface area (Å²) in [5.74, 6) is -0.360. The SMILES string of the molecule is CC/C=C\C/C=C\C/C=C\C/C=C\C/C=C\C/C=C\CCCCCOCC(COP(=O)([O-])OCC[N+](C)(C)C)OC(=O)CCCCCCCCCC/C=C\C/C=C\C/C=C\C/C=C\CC. The Hall–Kier alpha value is -3.10. The molecule has 9 heteroatoms. The molecule has 0 aromatic rings. The van der Waals surface area contributed by atoms with Crippen molar-refractivity contribution in [2.45, 2.75) is 174 Å². The molecule has 65 heavy (non-hydrogen) atoms. The van der Waals surface area contributed by atoms with Gasteiger partial charge in [0.25, 0.3) is 7.82 Å². The van der Waals surface area contributed by atoms with Crippen molar-refractivity contribution >= 4 is 13.8 Å². The molecule has 0 aliphatic heterocycles. The minimum absolute atomic E-state index is 0.00976. The van der Waals surface area contributed by atoms with Crippen LogP contribution in [0.25, 0.3) is 0 Å². The second-order valence-electron chi connectivity index (χ2n) is 17.4. The van der Waals surface area contributed by atoms with Gasteiger partial charge in [-0.15, -0.1) is 0 Å². The molecule has 8 nitrogen and oxygen atoms in total. The van der Waals surface area contributed by atoms with Crippen LogP contribution in [-0.4, -0.2) is 70.7 Å². The minimum Gasteiger partial charge on any atom is -0.756 e. The molecule has 0 amide bonds. The Balaban J connectivity index is 4.28. The van der Waals surface area contributed by atoms with E-state index in [4.69, 9.17) is 18.5 Å². The predicted octanol–water partition coefficient (Wildman–Crippen LogP) is 15.1. The summed E-state index contributed by atoms with van der Waals surface area (Å²) in [6.07, 6.45) is 67.9. The van der Waals surface area contributed by atoms with Crippen molar-refractivity contribution in [3.8, 4) is 0 Å². The van der Waals surface area contributed by atoms with E-state index in [1.165, 1.54) is 25.7 Å². The van der Waals surface area contributed by atoms with Crippen molar-refractivity contribution in [3.05, 3.63) is 122 Å². The lowest BCUT2D eigenvalue weighted by Gasteiger charge is -2.28. The van der Waals surface area contributed by atoms with Gasteiger partial charge in [-0.05, 0) is 103 Å². The molecular weight excluding hydrogens is 830 g/mol. The van der Waals surface area contributed by atoms with Gasteiger partial charge in [-0.2, -0.15) is 0 Å². The Kier molecular flexibility index (Phi) is 45.1. The second kappa shape index (κ2) is 47.4. The Morgan fingerprint density at radius 1 is 0.477 bits per heavy atom. The van der Waals surface area contributed by atoms with Gasteiger partial charge in [0, 0.05) is 13.0 Å². The molecule has 0 spiro atoms. The van der Waals surface area contributed by atoms with E-state index < -0.39 is 13.9 Å². The van der Waals surface area contributed by atoms with Crippen LogP contribution in [0.15, 0.2) is 122 Å². The van der Waals surface area contributed by atoms with Gasteiger partial charge in [-0.1, -0.05) is 180 Å². The van der Waals surface area contributed by atoms with E-state index in [-0.39, 0.29) is 32.2 Å². The molecule has 0 radical (unpaired) electrons. The van der Waals surface area contributed by atoms with Gasteiger partial charge in [0.05, 0.1) is 34.4 Å². The zero-order chi connectivity index (χ0) is 47.6. The second-order valence-corrected chi connectivity index (χ2v) is 18.8. The number of esters is 1. The maximum atomic E-state index is 12.8. The number of allylic oxidation sites excluding steroid dienone is 20. The smallest absolute Gasteiger partial charge is 0.306 e. The Morgan fingerprint density at radius 2 is 0.846 bits per heavy atom. The monoisotopic (exact) mass is 924 g/mol. The largest absolute Gasteiger partial charge is 0.756 e. The third-order valence-corrected chi connectivity index (χ3v) is 11.0. The van der Waals surface area contributed by atoms with Crippen molar-refractivity contribution in [3.63, 3.8) is 0 Å². The molecule has 370 valence electrons. The predicted molar refractivity (Wildman–Crippen MR) is 277 cm³/mol. The molecule has 0 fully saturated rings. The van der Waals surface area contributed by atoms with E-state index in [0.29, 0.717) is 17.6 Å². The fraction of sp³-hybridized carbons (Fsp3) is 0.625. The highest BCUT2D eigenvalue weighted by molar-refractivity contribution is 7.45. The molecule has 0 saturated heterocycles. The van der Waals surface area contributed by atoms with Crippen molar-refractivity contribution in [1.29, 1.82) is 0 Å². The normalized spacial score (nSPS) is 14.6. The number of carbonyl (C=O) groups excluding carboxylic acids is 1. The summed E-state index contributed by atoms with van der Waals surface area (Å²) < 4.78 is 34.7. The maximum Gasteiger partial charge on any atom is 0.306 e. The minimum atomic E-state index is -4.55. The van der Waals surface area contributed by atoms with Crippen LogP contribution in [0.4, 0.5) is 0 Å². The average molecular weight is 924 g/mol. The standard InChI is InChI=1S/C56H94NO7P/c1-6-8-10-12-14-16-18-20-22-24-26-28-30-32-34-36-38-40-42-44-46-48-51-61-53-55(54-63-65(59,60)62-52-50-57(3,4)5)64-56(58)49-47-45-43-41-39-37-35-33-31-29-27-25-23-21-19-17-15-13-11-9-7-2/h8-11,14-17,20-23,26-29,32,34,38,40,55H,6-7,12-13,18-19,24-25,30-31,33,35-37,39,41-54H2,1-5H3/b10-8-,11-9-,16-14-,17-15-,22-20-,23-21-,28-26-,29-27-,34-32-,40-38-. The highest BCUT2D eigenvalue weighted by atomic mass is 31.2. The van der Waals surface area contributed by atoms with Gasteiger partial charge in [0.1, 0.15) is 19.3 Å². The first-order chi connectivity index (χ1) is 31.6. The third-order valence-electron chi connectivity index (χ3n) is 10.0. The number of likely N-dealkylation sites (N-methyl/N-ethyl adjacent to an activating group) is 1. The van der Waals surface area contributed by atoms with Gasteiger partial charge in [0.2, 0.25) is 0 Å². The van der Waals surface area contributed by atoms with E-state index in [0.717, 1.165) is 122 Å². The Labute approximate surface area is 399 Å². The molecule has 2 atom stereocenters. The number of rotatable bonds is 45. The van der Waals surface area contributed by atoms with Crippen LogP contribution in [0.5, 0.6) is 0 Å². The number of carbonyl (C=O) groups is 1. The lowest BCUT2D eigenvalue weighted by Crippen LogP contribution is -2.37. The Bertz CT molecular complexity index is 1450. The number of phosphoric ester groups is 1. The van der Waals surface area contributed by atoms with Crippen molar-refractivity contribution in [2.24, 2.45) is 0 Å². The summed E-state index contributed by atoms with van der Waals surface area (Å²) in [6, 6.07) is 0. The van der Waals surface area contributed by atoms with E-state index in [1.807, 2.05) is 21.1 Å². The molecule has 0 rings (SSSR count). The van der Waals surface area contributed by atoms with Gasteiger partial charge in [0.15, 0.2) is 0 Å². The first kappa shape index (κ1) is 61.9. The fourth-order valence-corrected chi connectivity index (χ4v) is 6.92. The summed E-state index contributed by atoms with van der Waals surface area (Å²) in [7, 11) is 1.30. The van der Waals surface area contributed by atoms with Crippen molar-refractivity contribution in [2.75, 3.05) is 54.1 Å². The van der Waals surface area contributed by atoms with Crippen molar-refractivity contribution < 1.29 is 37.3 Å². The van der Waals surface area contributed by atoms with E-state index in [9.17, 15) is 14.3 Å². The van der Waals surface area contributed by atoms with Crippen LogP contribution in [-0.2, 0) is 27.9 Å². The first-order valence-electron chi connectivity index (χ1n) is 25.3. The van der Waals surface area contributed by atoms with Gasteiger partial charge in [-0.25, -0.2) is 0 Å². The zero-order valence-corrected chi connectivity index (χ0v) is 42.8. The van der Waals surface area contributed by atoms with Gasteiger partial charge >= 0.3 is 5.97 Å². The first-order valence-corrected chi connectivity index (χ1v) is 26.7. The number of phosphoric acid groups is 1. The number of ether oxygens (including phenoxy) is 2. The quantitative estimate of drug-likeness (QED) is 0.0197. The number of unbranched alkanes of at least 4 members (excludes halogenated alkanes) is 11. The van der Waals surface area contributed by atoms with Gasteiger partial charge in [-0.3, -0.25) is 9.36 Å². The third kappa shape index (κ3) is 51.7. The van der Waals surface area contributed by atoms with Crippen LogP contribution in [0, 0.1) is 0 Å². The molecule has 0 aromatic heterocycles. The Morgan fingerprint density at radius 3 is 1.26 bits per heavy atom. The van der Waals surface area contributed by atoms with Crippen LogP contribution < -0.4 is 4.89 Å². The molecule has 2 unspecified atom stereocenters. The molecule has 0 aliphatic rings. The van der Waals surface area contributed by atoms with Crippen LogP contribution >= 0.6 is 7.82 Å². The van der Waals surface area contributed by atoms with E-state index >= 15 is 0 Å². The molecule has 0 bridgehead atoms. The van der Waals surface area contributed by atoms with Gasteiger partial charge < -0.3 is 27.9 Å². The number of hydrogen-bond donors (Lipinski definition) is 0. The fourth-order valence-electron chi connectivity index (χ4n) is 6.19. The summed E-state index contributed by atoms with van der Waals surface area (Å²) in [6.45, 7) is 5.06. The van der Waals surface area contributed by atoms with Crippen LogP contribution in [0.1, 0.15) is 168 Å². The molecular formula is C56H94NO7P. The highest BCUT2D eigenvalue weighted by Crippen LogP contribution is 2.38. The summed E-state index contributed by atoms with van der Waals surface area (Å²) in [4.78, 5) is 25.2. The maximum absolute atomic E-state index is 12.8. The number of hydrogen-bond acceptors (Lipinski definition) is 7. The topological polar surface area (TPSA) is 94.1 Å². The number of nitrogens with zero attached hydrogens (tertiary/aromatic N) is 1.